The van der Waals surface area contributed by atoms with Gasteiger partial charge in [0.1, 0.15) is 0 Å². The molecule has 1 atom stereocenters. The summed E-state index contributed by atoms with van der Waals surface area (Å²) in [5.41, 5.74) is 0.680. The second kappa shape index (κ2) is 9.90. The molecule has 2 amide bonds. The van der Waals surface area contributed by atoms with Crippen LogP contribution in [-0.4, -0.2) is 41.1 Å². The highest BCUT2D eigenvalue weighted by molar-refractivity contribution is 7.80. The first-order valence-electron chi connectivity index (χ1n) is 9.29. The number of nitrogens with zero attached hydrogens (tertiary/aromatic N) is 1. The van der Waals surface area contributed by atoms with E-state index in [9.17, 15) is 19.7 Å². The summed E-state index contributed by atoms with van der Waals surface area (Å²) in [7, 11) is 0. The van der Waals surface area contributed by atoms with E-state index in [1.807, 2.05) is 0 Å². The minimum Gasteiger partial charge on any atom is -0.376 e. The molecule has 1 unspecified atom stereocenters. The van der Waals surface area contributed by atoms with Crippen LogP contribution < -0.4 is 16.0 Å². The van der Waals surface area contributed by atoms with Crippen molar-refractivity contribution in [1.82, 2.24) is 10.6 Å². The van der Waals surface area contributed by atoms with Crippen molar-refractivity contribution in [1.29, 1.82) is 0 Å². The van der Waals surface area contributed by atoms with Crippen LogP contribution in [0.1, 0.15) is 33.6 Å². The first-order chi connectivity index (χ1) is 14.4. The molecule has 1 heterocycles. The molecule has 0 radical (unpaired) electrons. The molecule has 2 aromatic carbocycles. The van der Waals surface area contributed by atoms with Crippen LogP contribution in [0.3, 0.4) is 0 Å². The molecule has 1 saturated heterocycles. The number of non-ortho nitro benzene ring substituents is 1. The molecule has 0 spiro atoms. The quantitative estimate of drug-likeness (QED) is 0.367. The van der Waals surface area contributed by atoms with Gasteiger partial charge < -0.3 is 15.4 Å². The minimum absolute atomic E-state index is 0.0179. The fourth-order valence-electron chi connectivity index (χ4n) is 2.99. The average Bonchev–Trinajstić information content (AvgIpc) is 3.26. The maximum absolute atomic E-state index is 12.5. The molecule has 0 saturated carbocycles. The first kappa shape index (κ1) is 21.3. The summed E-state index contributed by atoms with van der Waals surface area (Å²) in [5, 5.41) is 19.0. The predicted molar refractivity (Wildman–Crippen MR) is 115 cm³/mol. The molecule has 3 rings (SSSR count). The van der Waals surface area contributed by atoms with E-state index in [4.69, 9.17) is 17.0 Å². The van der Waals surface area contributed by atoms with Crippen molar-refractivity contribution in [3.63, 3.8) is 0 Å². The number of rotatable bonds is 6. The lowest BCUT2D eigenvalue weighted by Crippen LogP contribution is -2.35. The summed E-state index contributed by atoms with van der Waals surface area (Å²) in [6.07, 6.45) is 1.91. The Bertz CT molecular complexity index is 975. The standard InChI is InChI=1S/C20H20N4O5S/c25-18(13-5-3-6-14(11-13)24(27)28)23-20(30)22-17-9-2-1-8-16(17)19(26)21-12-15-7-4-10-29-15/h1-3,5-6,8-9,11,15H,4,7,10,12H2,(H,21,26)(H2,22,23,25,30). The van der Waals surface area contributed by atoms with Crippen LogP contribution in [0, 0.1) is 10.1 Å². The Morgan fingerprint density at radius 2 is 1.97 bits per heavy atom. The lowest BCUT2D eigenvalue weighted by molar-refractivity contribution is -0.384. The normalized spacial score (nSPS) is 15.3. The Morgan fingerprint density at radius 1 is 1.17 bits per heavy atom. The summed E-state index contributed by atoms with van der Waals surface area (Å²) in [4.78, 5) is 35.2. The fraction of sp³-hybridized carbons (Fsp3) is 0.250. The third-order valence-corrected chi connectivity index (χ3v) is 4.68. The number of carbonyl (C=O) groups excluding carboxylic acids is 2. The number of carbonyl (C=O) groups is 2. The number of nitro benzene ring substituents is 1. The number of hydrogen-bond donors (Lipinski definition) is 3. The lowest BCUT2D eigenvalue weighted by Gasteiger charge is -2.15. The van der Waals surface area contributed by atoms with Gasteiger partial charge in [0.05, 0.1) is 22.3 Å². The fourth-order valence-corrected chi connectivity index (χ4v) is 3.19. The van der Waals surface area contributed by atoms with Crippen LogP contribution in [0.2, 0.25) is 0 Å². The van der Waals surface area contributed by atoms with Crippen LogP contribution in [0.5, 0.6) is 0 Å². The molecule has 10 heteroatoms. The van der Waals surface area contributed by atoms with Crippen molar-refractivity contribution in [2.24, 2.45) is 0 Å². The SMILES string of the molecule is O=C(NC(=S)Nc1ccccc1C(=O)NCC1CCCO1)c1cccc([N+](=O)[O-])c1. The number of benzene rings is 2. The maximum Gasteiger partial charge on any atom is 0.270 e. The number of nitrogens with one attached hydrogen (secondary N) is 3. The molecular formula is C20H20N4O5S. The third-order valence-electron chi connectivity index (χ3n) is 4.48. The van der Waals surface area contributed by atoms with E-state index in [-0.39, 0.29) is 28.4 Å². The van der Waals surface area contributed by atoms with Gasteiger partial charge in [-0.15, -0.1) is 0 Å². The Labute approximate surface area is 178 Å². The van der Waals surface area contributed by atoms with Crippen LogP contribution in [0.15, 0.2) is 48.5 Å². The molecule has 9 nitrogen and oxygen atoms in total. The zero-order valence-corrected chi connectivity index (χ0v) is 16.7. The zero-order valence-electron chi connectivity index (χ0n) is 15.9. The number of ether oxygens (including phenoxy) is 1. The molecule has 3 N–H and O–H groups in total. The topological polar surface area (TPSA) is 123 Å². The van der Waals surface area contributed by atoms with E-state index in [0.717, 1.165) is 18.9 Å². The highest BCUT2D eigenvalue weighted by Crippen LogP contribution is 2.17. The zero-order chi connectivity index (χ0) is 21.5. The predicted octanol–water partition coefficient (Wildman–Crippen LogP) is 2.63. The third kappa shape index (κ3) is 5.58. The van der Waals surface area contributed by atoms with E-state index < -0.39 is 10.8 Å². The molecule has 1 aliphatic rings. The monoisotopic (exact) mass is 428 g/mol. The van der Waals surface area contributed by atoms with Crippen LogP contribution in [0.25, 0.3) is 0 Å². The van der Waals surface area contributed by atoms with Gasteiger partial charge in [-0.05, 0) is 43.3 Å². The number of anilines is 1. The van der Waals surface area contributed by atoms with Crippen molar-refractivity contribution < 1.29 is 19.2 Å². The van der Waals surface area contributed by atoms with Gasteiger partial charge in [-0.2, -0.15) is 0 Å². The summed E-state index contributed by atoms with van der Waals surface area (Å²) < 4.78 is 5.50. The minimum atomic E-state index is -0.600. The van der Waals surface area contributed by atoms with E-state index in [0.29, 0.717) is 24.4 Å². The van der Waals surface area contributed by atoms with Crippen molar-refractivity contribution in [3.05, 3.63) is 69.8 Å². The first-order valence-corrected chi connectivity index (χ1v) is 9.70. The summed E-state index contributed by atoms with van der Waals surface area (Å²) >= 11 is 5.17. The average molecular weight is 428 g/mol. The molecule has 0 aliphatic carbocycles. The van der Waals surface area contributed by atoms with E-state index in [1.54, 1.807) is 24.3 Å². The molecule has 30 heavy (non-hydrogen) atoms. The van der Waals surface area contributed by atoms with Gasteiger partial charge in [-0.3, -0.25) is 25.0 Å². The van der Waals surface area contributed by atoms with Crippen LogP contribution >= 0.6 is 12.2 Å². The second-order valence-electron chi connectivity index (χ2n) is 6.61. The van der Waals surface area contributed by atoms with Gasteiger partial charge in [0, 0.05) is 30.8 Å². The largest absolute Gasteiger partial charge is 0.376 e. The highest BCUT2D eigenvalue weighted by Gasteiger charge is 2.19. The lowest BCUT2D eigenvalue weighted by atomic mass is 10.1. The molecule has 2 aromatic rings. The molecule has 1 fully saturated rings. The Hall–Kier alpha value is -3.37. The van der Waals surface area contributed by atoms with Crippen molar-refractivity contribution >= 4 is 40.5 Å². The van der Waals surface area contributed by atoms with Crippen molar-refractivity contribution in [2.75, 3.05) is 18.5 Å². The number of amides is 2. The molecule has 156 valence electrons. The number of hydrogen-bond acceptors (Lipinski definition) is 6. The summed E-state index contributed by atoms with van der Waals surface area (Å²) in [6, 6.07) is 12.0. The van der Waals surface area contributed by atoms with Gasteiger partial charge in [0.2, 0.25) is 0 Å². The molecule has 0 aromatic heterocycles. The molecule has 1 aliphatic heterocycles. The van der Waals surface area contributed by atoms with Gasteiger partial charge in [-0.1, -0.05) is 18.2 Å². The van der Waals surface area contributed by atoms with Crippen LogP contribution in [0.4, 0.5) is 11.4 Å². The second-order valence-corrected chi connectivity index (χ2v) is 7.01. The van der Waals surface area contributed by atoms with E-state index >= 15 is 0 Å². The van der Waals surface area contributed by atoms with Gasteiger partial charge in [0.25, 0.3) is 17.5 Å². The Balaban J connectivity index is 1.62. The number of para-hydroxylation sites is 1. The number of nitro groups is 1. The van der Waals surface area contributed by atoms with Gasteiger partial charge >= 0.3 is 0 Å². The summed E-state index contributed by atoms with van der Waals surface area (Å²) in [6.45, 7) is 1.12. The molecular weight excluding hydrogens is 408 g/mol. The van der Waals surface area contributed by atoms with E-state index in [2.05, 4.69) is 16.0 Å². The van der Waals surface area contributed by atoms with Crippen molar-refractivity contribution in [3.8, 4) is 0 Å². The van der Waals surface area contributed by atoms with Gasteiger partial charge in [-0.25, -0.2) is 0 Å². The summed E-state index contributed by atoms with van der Waals surface area (Å²) in [5.74, 6) is -0.891. The smallest absolute Gasteiger partial charge is 0.270 e. The number of thiocarbonyl (C=S) groups is 1. The Kier molecular flexibility index (Phi) is 7.04. The Morgan fingerprint density at radius 3 is 2.70 bits per heavy atom. The van der Waals surface area contributed by atoms with Gasteiger partial charge in [0.15, 0.2) is 5.11 Å². The highest BCUT2D eigenvalue weighted by atomic mass is 32.1. The van der Waals surface area contributed by atoms with E-state index in [1.165, 1.54) is 18.2 Å². The molecule has 0 bridgehead atoms. The maximum atomic E-state index is 12.5. The van der Waals surface area contributed by atoms with Crippen molar-refractivity contribution in [2.45, 2.75) is 18.9 Å². The van der Waals surface area contributed by atoms with Crippen LogP contribution in [-0.2, 0) is 4.74 Å².